The number of benzene rings is 5. The molecule has 43 heavy (non-hydrogen) atoms. The first-order chi connectivity index (χ1) is 21.2. The number of nitrogens with zero attached hydrogens (tertiary/aromatic N) is 4. The van der Waals surface area contributed by atoms with Crippen LogP contribution >= 0.6 is 6.04 Å². The fraction of sp³-hybridized carbons (Fsp3) is 0. The molecule has 0 aliphatic rings. The van der Waals surface area contributed by atoms with Gasteiger partial charge in [-0.2, -0.15) is 0 Å². The van der Waals surface area contributed by atoms with Crippen molar-refractivity contribution in [1.82, 2.24) is 19.4 Å². The molecule has 0 unspecified atom stereocenters. The van der Waals surface area contributed by atoms with E-state index in [1.165, 1.54) is 10.8 Å². The number of imidazole rings is 1. The van der Waals surface area contributed by atoms with Gasteiger partial charge in [-0.25, -0.2) is 4.98 Å². The van der Waals surface area contributed by atoms with E-state index in [0.29, 0.717) is 0 Å². The summed E-state index contributed by atoms with van der Waals surface area (Å²) in [4.78, 5) is 14.7. The molecule has 0 saturated carbocycles. The predicted octanol–water partition coefficient (Wildman–Crippen LogP) is 7.65. The molecule has 0 amide bonds. The molecule has 202 valence electrons. The molecule has 9 rings (SSSR count). The quantitative estimate of drug-likeness (QED) is 0.158. The highest BCUT2D eigenvalue weighted by Gasteiger charge is 2.30. The number of rotatable bonds is 3. The largest absolute Gasteiger partial charge is 0.291 e. The van der Waals surface area contributed by atoms with Crippen LogP contribution < -0.4 is 15.9 Å². The minimum absolute atomic E-state index is 0.936. The third-order valence-electron chi connectivity index (χ3n) is 8.50. The SMILES string of the molecule is S=P(c1ccc2cccnc2c1)(c1ccc2cccnc2c1)c1cccc2nc3c4ccccc4c4ccccc4n3c12. The Bertz CT molecular complexity index is 2540. The fourth-order valence-corrected chi connectivity index (χ4v) is 10.5. The Morgan fingerprint density at radius 2 is 1.16 bits per heavy atom. The van der Waals surface area contributed by atoms with Crippen molar-refractivity contribution in [2.75, 3.05) is 0 Å². The molecule has 4 nitrogen and oxygen atoms in total. The first kappa shape index (κ1) is 24.6. The van der Waals surface area contributed by atoms with Crippen molar-refractivity contribution in [1.29, 1.82) is 0 Å². The first-order valence-corrected chi connectivity index (χ1v) is 17.0. The standard InChI is InChI=1S/C37H23N4PS/c43-42(26-18-16-24-8-6-20-38-32(24)22-26,27-19-17-25-9-7-21-39-33(25)23-27)35-15-5-13-31-36(35)41-34-14-4-3-11-29(34)28-10-1-2-12-30(28)37(41)40-31/h1-23H. The summed E-state index contributed by atoms with van der Waals surface area (Å²) in [5.41, 5.74) is 5.94. The van der Waals surface area contributed by atoms with Crippen molar-refractivity contribution in [2.45, 2.75) is 0 Å². The van der Waals surface area contributed by atoms with E-state index in [-0.39, 0.29) is 0 Å². The van der Waals surface area contributed by atoms with Crippen LogP contribution in [0, 0.1) is 0 Å². The van der Waals surface area contributed by atoms with E-state index in [1.807, 2.05) is 24.5 Å². The van der Waals surface area contributed by atoms with Crippen molar-refractivity contribution < 1.29 is 0 Å². The molecule has 0 saturated heterocycles. The molecule has 9 aromatic rings. The monoisotopic (exact) mass is 586 g/mol. The van der Waals surface area contributed by atoms with Crippen molar-refractivity contribution in [3.05, 3.63) is 140 Å². The number of aromatic nitrogens is 4. The predicted molar refractivity (Wildman–Crippen MR) is 184 cm³/mol. The van der Waals surface area contributed by atoms with Gasteiger partial charge in [-0.05, 0) is 52.4 Å². The summed E-state index contributed by atoms with van der Waals surface area (Å²) in [5.74, 6) is 0. The van der Waals surface area contributed by atoms with E-state index >= 15 is 0 Å². The highest BCUT2D eigenvalue weighted by molar-refractivity contribution is 8.25. The third kappa shape index (κ3) is 3.56. The lowest BCUT2D eigenvalue weighted by Gasteiger charge is -2.25. The Hall–Kier alpha value is -4.96. The molecule has 6 heteroatoms. The zero-order valence-electron chi connectivity index (χ0n) is 22.9. The van der Waals surface area contributed by atoms with Gasteiger partial charge in [0.15, 0.2) is 0 Å². The topological polar surface area (TPSA) is 43.1 Å². The van der Waals surface area contributed by atoms with E-state index in [2.05, 4.69) is 120 Å². The van der Waals surface area contributed by atoms with Gasteiger partial charge in [0.2, 0.25) is 0 Å². The molecular weight excluding hydrogens is 563 g/mol. The molecule has 4 aromatic heterocycles. The van der Waals surface area contributed by atoms with Crippen LogP contribution in [0.1, 0.15) is 0 Å². The van der Waals surface area contributed by atoms with Gasteiger partial charge in [-0.15, -0.1) is 0 Å². The second-order valence-corrected chi connectivity index (χ2v) is 15.2. The van der Waals surface area contributed by atoms with Crippen LogP contribution in [0.15, 0.2) is 140 Å². The van der Waals surface area contributed by atoms with Crippen molar-refractivity contribution in [2.24, 2.45) is 0 Å². The number of fused-ring (bicyclic) bond motifs is 10. The van der Waals surface area contributed by atoms with E-state index in [9.17, 15) is 0 Å². The average Bonchev–Trinajstić information content (AvgIpc) is 3.48. The van der Waals surface area contributed by atoms with Crippen LogP contribution in [-0.2, 0) is 11.8 Å². The van der Waals surface area contributed by atoms with Crippen LogP contribution in [0.3, 0.4) is 0 Å². The number of pyridine rings is 3. The van der Waals surface area contributed by atoms with E-state index in [1.54, 1.807) is 0 Å². The molecule has 5 aromatic carbocycles. The summed E-state index contributed by atoms with van der Waals surface area (Å²) >= 11 is 7.02. The van der Waals surface area contributed by atoms with Gasteiger partial charge < -0.3 is 0 Å². The summed E-state index contributed by atoms with van der Waals surface area (Å²) in [7, 11) is 0. The maximum absolute atomic E-state index is 7.02. The number of para-hydroxylation sites is 2. The van der Waals surface area contributed by atoms with Crippen LogP contribution in [0.25, 0.3) is 60.2 Å². The van der Waals surface area contributed by atoms with Gasteiger partial charge in [-0.1, -0.05) is 103 Å². The molecule has 0 bridgehead atoms. The summed E-state index contributed by atoms with van der Waals surface area (Å²) in [5, 5.41) is 9.01. The number of hydrogen-bond donors (Lipinski definition) is 0. The van der Waals surface area contributed by atoms with Crippen molar-refractivity contribution >= 4 is 93.9 Å². The third-order valence-corrected chi connectivity index (χ3v) is 13.4. The van der Waals surface area contributed by atoms with Crippen LogP contribution in [0.5, 0.6) is 0 Å². The second-order valence-electron chi connectivity index (χ2n) is 10.8. The molecule has 0 radical (unpaired) electrons. The molecule has 0 atom stereocenters. The van der Waals surface area contributed by atoms with E-state index < -0.39 is 6.04 Å². The Kier molecular flexibility index (Phi) is 5.31. The lowest BCUT2D eigenvalue weighted by molar-refractivity contribution is 1.32. The Morgan fingerprint density at radius 3 is 1.86 bits per heavy atom. The highest BCUT2D eigenvalue weighted by atomic mass is 32.4. The average molecular weight is 587 g/mol. The Labute approximate surface area is 252 Å². The Balaban J connectivity index is 1.47. The normalized spacial score (nSPS) is 12.3. The van der Waals surface area contributed by atoms with Crippen molar-refractivity contribution in [3.63, 3.8) is 0 Å². The van der Waals surface area contributed by atoms with Gasteiger partial charge in [0.05, 0.1) is 27.6 Å². The van der Waals surface area contributed by atoms with E-state index in [4.69, 9.17) is 26.8 Å². The molecular formula is C37H23N4PS. The van der Waals surface area contributed by atoms with E-state index in [0.717, 1.165) is 65.3 Å². The van der Waals surface area contributed by atoms with Gasteiger partial charge in [0, 0.05) is 45.3 Å². The van der Waals surface area contributed by atoms with Crippen LogP contribution in [0.2, 0.25) is 0 Å². The first-order valence-electron chi connectivity index (χ1n) is 14.2. The smallest absolute Gasteiger partial charge is 0.146 e. The fourth-order valence-electron chi connectivity index (χ4n) is 6.52. The van der Waals surface area contributed by atoms with Crippen LogP contribution in [-0.4, -0.2) is 19.4 Å². The minimum atomic E-state index is -2.65. The van der Waals surface area contributed by atoms with Gasteiger partial charge >= 0.3 is 0 Å². The maximum atomic E-state index is 7.02. The molecule has 4 heterocycles. The molecule has 0 N–H and O–H groups in total. The molecule has 0 aliphatic carbocycles. The van der Waals surface area contributed by atoms with Crippen molar-refractivity contribution in [3.8, 4) is 0 Å². The summed E-state index contributed by atoms with van der Waals surface area (Å²) < 4.78 is 2.34. The Morgan fingerprint density at radius 1 is 0.535 bits per heavy atom. The maximum Gasteiger partial charge on any atom is 0.146 e. The second kappa shape index (κ2) is 9.27. The van der Waals surface area contributed by atoms with Gasteiger partial charge in [0.1, 0.15) is 5.65 Å². The van der Waals surface area contributed by atoms with Gasteiger partial charge in [0.25, 0.3) is 0 Å². The summed E-state index contributed by atoms with van der Waals surface area (Å²) in [6.45, 7) is 0. The summed E-state index contributed by atoms with van der Waals surface area (Å²) in [6, 6.07) is 42.1. The zero-order valence-corrected chi connectivity index (χ0v) is 24.6. The van der Waals surface area contributed by atoms with Gasteiger partial charge in [-0.3, -0.25) is 14.4 Å². The molecule has 0 spiro atoms. The minimum Gasteiger partial charge on any atom is -0.291 e. The van der Waals surface area contributed by atoms with Crippen LogP contribution in [0.4, 0.5) is 0 Å². The zero-order chi connectivity index (χ0) is 28.5. The number of hydrogen-bond acceptors (Lipinski definition) is 4. The molecule has 0 aliphatic heterocycles. The lowest BCUT2D eigenvalue weighted by atomic mass is 10.1. The highest BCUT2D eigenvalue weighted by Crippen LogP contribution is 2.46. The molecule has 0 fully saturated rings. The lowest BCUT2D eigenvalue weighted by Crippen LogP contribution is -2.26. The summed E-state index contributed by atoms with van der Waals surface area (Å²) in [6.07, 6.45) is 3.69.